The van der Waals surface area contributed by atoms with Gasteiger partial charge in [-0.25, -0.2) is 4.98 Å². The van der Waals surface area contributed by atoms with Gasteiger partial charge in [0, 0.05) is 33.0 Å². The van der Waals surface area contributed by atoms with E-state index in [1.807, 2.05) is 36.7 Å². The Kier molecular flexibility index (Phi) is 8.54. The summed E-state index contributed by atoms with van der Waals surface area (Å²) in [7, 11) is 1.49. The van der Waals surface area contributed by atoms with Gasteiger partial charge in [0.05, 0.1) is 28.8 Å². The fourth-order valence-corrected chi connectivity index (χ4v) is 4.60. The number of β-amino-alcohol motifs (C(OH)–C–C–N with tert-alkyl or cyclic N) is 1. The van der Waals surface area contributed by atoms with Crippen LogP contribution in [0.4, 0.5) is 0 Å². The van der Waals surface area contributed by atoms with Crippen molar-refractivity contribution in [3.8, 4) is 10.4 Å². The van der Waals surface area contributed by atoms with Crippen molar-refractivity contribution in [1.82, 2.24) is 20.5 Å². The molecule has 1 aliphatic rings. The first-order valence-corrected chi connectivity index (χ1v) is 11.7. The quantitative estimate of drug-likeness (QED) is 0.503. The predicted octanol–water partition coefficient (Wildman–Crippen LogP) is 1.24. The number of ether oxygens (including phenoxy) is 1. The number of aliphatic hydroxyl groups excluding tert-OH is 1. The maximum Gasteiger partial charge on any atom is 0.245 e. The molecule has 1 aromatic carbocycles. The summed E-state index contributed by atoms with van der Waals surface area (Å²) in [5, 5.41) is 15.6. The predicted molar refractivity (Wildman–Crippen MR) is 124 cm³/mol. The molecule has 0 aliphatic carbocycles. The molecule has 1 aliphatic heterocycles. The van der Waals surface area contributed by atoms with Gasteiger partial charge in [-0.15, -0.1) is 11.3 Å². The number of thiazole rings is 1. The number of aliphatic hydroxyl groups is 1. The Morgan fingerprint density at radius 3 is 2.67 bits per heavy atom. The molecule has 3 N–H and O–H groups in total. The summed E-state index contributed by atoms with van der Waals surface area (Å²) in [4.78, 5) is 44.3. The van der Waals surface area contributed by atoms with Gasteiger partial charge in [0.25, 0.3) is 0 Å². The normalized spacial score (nSPS) is 18.7. The van der Waals surface area contributed by atoms with E-state index in [0.29, 0.717) is 6.54 Å². The average Bonchev–Trinajstić information content (AvgIpc) is 3.41. The van der Waals surface area contributed by atoms with E-state index in [4.69, 9.17) is 4.74 Å². The molecule has 9 nitrogen and oxygen atoms in total. The van der Waals surface area contributed by atoms with E-state index >= 15 is 0 Å². The number of carbonyl (C=O) groups excluding carboxylic acids is 3. The van der Waals surface area contributed by atoms with E-state index < -0.39 is 24.1 Å². The highest BCUT2D eigenvalue weighted by Gasteiger charge is 2.40. The Morgan fingerprint density at radius 2 is 2.03 bits per heavy atom. The molecule has 0 bridgehead atoms. The molecule has 33 heavy (non-hydrogen) atoms. The summed E-state index contributed by atoms with van der Waals surface area (Å²) in [5.41, 5.74) is 4.79. The van der Waals surface area contributed by atoms with Crippen molar-refractivity contribution in [3.05, 3.63) is 41.0 Å². The maximum atomic E-state index is 12.9. The van der Waals surface area contributed by atoms with Gasteiger partial charge in [0.15, 0.2) is 0 Å². The van der Waals surface area contributed by atoms with Crippen LogP contribution < -0.4 is 10.6 Å². The lowest BCUT2D eigenvalue weighted by Gasteiger charge is -2.27. The minimum Gasteiger partial charge on any atom is -0.391 e. The number of rotatable bonds is 9. The van der Waals surface area contributed by atoms with Gasteiger partial charge >= 0.3 is 0 Å². The number of carbonyl (C=O) groups is 3. The summed E-state index contributed by atoms with van der Waals surface area (Å²) in [6.45, 7) is 4.15. The molecular weight excluding hydrogens is 444 g/mol. The van der Waals surface area contributed by atoms with E-state index in [0.717, 1.165) is 21.7 Å². The van der Waals surface area contributed by atoms with Crippen LogP contribution in [-0.2, 0) is 25.7 Å². The van der Waals surface area contributed by atoms with Crippen molar-refractivity contribution in [2.75, 3.05) is 20.3 Å². The number of hydrogen-bond acceptors (Lipinski definition) is 7. The molecule has 2 heterocycles. The van der Waals surface area contributed by atoms with Crippen LogP contribution in [0.5, 0.6) is 0 Å². The minimum atomic E-state index is -0.808. The fraction of sp³-hybridized carbons (Fsp3) is 0.478. The number of nitrogens with one attached hydrogen (secondary N) is 2. The first-order valence-electron chi connectivity index (χ1n) is 10.8. The number of nitrogens with zero attached hydrogens (tertiary/aromatic N) is 2. The van der Waals surface area contributed by atoms with Crippen LogP contribution in [0.25, 0.3) is 10.4 Å². The number of methoxy groups -OCH3 is 1. The van der Waals surface area contributed by atoms with E-state index in [1.54, 1.807) is 18.3 Å². The Hall–Kier alpha value is -2.82. The highest BCUT2D eigenvalue weighted by atomic mass is 32.1. The molecule has 178 valence electrons. The molecule has 10 heteroatoms. The van der Waals surface area contributed by atoms with Crippen LogP contribution in [-0.4, -0.2) is 71.2 Å². The highest BCUT2D eigenvalue weighted by Crippen LogP contribution is 2.27. The van der Waals surface area contributed by atoms with Gasteiger partial charge < -0.3 is 25.4 Å². The first-order chi connectivity index (χ1) is 15.8. The second kappa shape index (κ2) is 11.4. The van der Waals surface area contributed by atoms with Crippen molar-refractivity contribution in [1.29, 1.82) is 0 Å². The molecule has 0 radical (unpaired) electrons. The third kappa shape index (κ3) is 6.37. The molecule has 0 saturated carbocycles. The summed E-state index contributed by atoms with van der Waals surface area (Å²) in [6.07, 6.45) is -0.490. The smallest absolute Gasteiger partial charge is 0.245 e. The van der Waals surface area contributed by atoms with E-state index in [2.05, 4.69) is 15.6 Å². The Morgan fingerprint density at radius 1 is 1.30 bits per heavy atom. The monoisotopic (exact) mass is 474 g/mol. The molecule has 0 spiro atoms. The van der Waals surface area contributed by atoms with E-state index in [-0.39, 0.29) is 37.8 Å². The SMILES string of the molecule is COCCC(=O)N[C@H](C)C(=O)N1C[C@H](O)C[C@H]1C(=O)NCc1ccc(-c2scnc2C)cc1. The minimum absolute atomic E-state index is 0.0537. The van der Waals surface area contributed by atoms with Gasteiger partial charge in [0.2, 0.25) is 17.7 Å². The maximum absolute atomic E-state index is 12.9. The number of likely N-dealkylation sites (tertiary alicyclic amines) is 1. The summed E-state index contributed by atoms with van der Waals surface area (Å²) >= 11 is 1.58. The van der Waals surface area contributed by atoms with Crippen molar-refractivity contribution in [3.63, 3.8) is 0 Å². The number of aryl methyl sites for hydroxylation is 1. The molecule has 2 aromatic rings. The number of aromatic nitrogens is 1. The van der Waals surface area contributed by atoms with Gasteiger partial charge in [-0.1, -0.05) is 24.3 Å². The van der Waals surface area contributed by atoms with Gasteiger partial charge in [-0.2, -0.15) is 0 Å². The molecule has 1 aromatic heterocycles. The van der Waals surface area contributed by atoms with Crippen LogP contribution in [0.15, 0.2) is 29.8 Å². The average molecular weight is 475 g/mol. The van der Waals surface area contributed by atoms with E-state index in [9.17, 15) is 19.5 Å². The molecule has 3 amide bonds. The standard InChI is InChI=1S/C23H30N4O5S/c1-14-21(33-13-25-14)17-6-4-16(5-7-17)11-24-22(30)19-10-18(28)12-27(19)23(31)15(2)26-20(29)8-9-32-3/h4-7,13,15,18-19,28H,8-12H2,1-3H3,(H,24,30)(H,26,29)/t15-,18-,19+/m1/s1. The number of hydrogen-bond donors (Lipinski definition) is 3. The number of benzene rings is 1. The van der Waals surface area contributed by atoms with Gasteiger partial charge in [0.1, 0.15) is 12.1 Å². The van der Waals surface area contributed by atoms with Crippen molar-refractivity contribution in [2.45, 2.75) is 51.4 Å². The lowest BCUT2D eigenvalue weighted by Crippen LogP contribution is -2.52. The zero-order valence-corrected chi connectivity index (χ0v) is 19.9. The zero-order chi connectivity index (χ0) is 24.0. The lowest BCUT2D eigenvalue weighted by molar-refractivity contribution is -0.141. The van der Waals surface area contributed by atoms with E-state index in [1.165, 1.54) is 12.0 Å². The van der Waals surface area contributed by atoms with Crippen molar-refractivity contribution in [2.24, 2.45) is 0 Å². The molecule has 0 unspecified atom stereocenters. The highest BCUT2D eigenvalue weighted by molar-refractivity contribution is 7.13. The summed E-state index contributed by atoms with van der Waals surface area (Å²) < 4.78 is 4.87. The van der Waals surface area contributed by atoms with Crippen LogP contribution >= 0.6 is 11.3 Å². The van der Waals surface area contributed by atoms with Gasteiger partial charge in [-0.05, 0) is 25.0 Å². The Bertz CT molecular complexity index is 977. The second-order valence-corrected chi connectivity index (χ2v) is 8.96. The molecule has 1 saturated heterocycles. The Balaban J connectivity index is 1.57. The van der Waals surface area contributed by atoms with Crippen LogP contribution in [0.1, 0.15) is 31.0 Å². The Labute approximate surface area is 197 Å². The lowest BCUT2D eigenvalue weighted by atomic mass is 10.1. The zero-order valence-electron chi connectivity index (χ0n) is 19.0. The first kappa shape index (κ1) is 24.8. The number of amides is 3. The van der Waals surface area contributed by atoms with Crippen LogP contribution in [0, 0.1) is 6.92 Å². The largest absolute Gasteiger partial charge is 0.391 e. The topological polar surface area (TPSA) is 121 Å². The third-order valence-corrected chi connectivity index (χ3v) is 6.55. The van der Waals surface area contributed by atoms with Gasteiger partial charge in [-0.3, -0.25) is 14.4 Å². The van der Waals surface area contributed by atoms with Crippen molar-refractivity contribution >= 4 is 29.1 Å². The second-order valence-electron chi connectivity index (χ2n) is 8.11. The third-order valence-electron chi connectivity index (χ3n) is 5.57. The fourth-order valence-electron chi connectivity index (χ4n) is 3.78. The summed E-state index contributed by atoms with van der Waals surface area (Å²) in [6, 6.07) is 6.27. The molecular formula is C23H30N4O5S. The molecule has 3 atom stereocenters. The molecule has 1 fully saturated rings. The molecule has 3 rings (SSSR count). The van der Waals surface area contributed by atoms with Crippen LogP contribution in [0.3, 0.4) is 0 Å². The van der Waals surface area contributed by atoms with Crippen LogP contribution in [0.2, 0.25) is 0 Å². The summed E-state index contributed by atoms with van der Waals surface area (Å²) in [5.74, 6) is -1.04. The van der Waals surface area contributed by atoms with Crippen molar-refractivity contribution < 1.29 is 24.2 Å².